The fraction of sp³-hybridized carbons (Fsp3) is 0.304. The van der Waals surface area contributed by atoms with Gasteiger partial charge in [0.1, 0.15) is 22.9 Å². The average Bonchev–Trinajstić information content (AvgIpc) is 3.13. The quantitative estimate of drug-likeness (QED) is 0.395. The van der Waals surface area contributed by atoms with E-state index in [-0.39, 0.29) is 16.8 Å². The maximum atomic E-state index is 14.2. The van der Waals surface area contributed by atoms with Crippen molar-refractivity contribution < 1.29 is 41.4 Å². The minimum atomic E-state index is -5.25. The third-order valence-electron chi connectivity index (χ3n) is 6.29. The Kier molecular flexibility index (Phi) is 5.74. The molecule has 0 saturated heterocycles. The Hall–Kier alpha value is -3.74. The Morgan fingerprint density at radius 3 is 2.44 bits per heavy atom. The van der Waals surface area contributed by atoms with Gasteiger partial charge in [0.25, 0.3) is 5.91 Å². The summed E-state index contributed by atoms with van der Waals surface area (Å²) in [6.07, 6.45) is -5.42. The van der Waals surface area contributed by atoms with Crippen LogP contribution in [0.15, 0.2) is 36.5 Å². The summed E-state index contributed by atoms with van der Waals surface area (Å²) in [6.45, 7) is 2.58. The van der Waals surface area contributed by atoms with E-state index < -0.39 is 70.1 Å². The first-order valence-corrected chi connectivity index (χ1v) is 10.5. The lowest BCUT2D eigenvalue weighted by molar-refractivity contribution is -0.280. The van der Waals surface area contributed by atoms with Crippen LogP contribution < -0.4 is 11.1 Å². The number of fused-ring (bicyclic) bond motifs is 1. The number of aromatic nitrogens is 2. The second kappa shape index (κ2) is 8.15. The second-order valence-electron chi connectivity index (χ2n) is 9.20. The SMILES string of the molecule is CC1(C)C[C@](O)(C(F)(F)F)[C@@H](NC(=O)c2cnn(-c3ccc(F)cc3F)c2N)c2ccc(F)c(O)c21. The Morgan fingerprint density at radius 2 is 1.83 bits per heavy atom. The summed E-state index contributed by atoms with van der Waals surface area (Å²) in [5.74, 6) is -5.64. The molecule has 3 aromatic rings. The van der Waals surface area contributed by atoms with Gasteiger partial charge < -0.3 is 21.3 Å². The number of nitrogen functional groups attached to an aromatic ring is 1. The topological polar surface area (TPSA) is 113 Å². The molecule has 0 saturated carbocycles. The predicted octanol–water partition coefficient (Wildman–Crippen LogP) is 4.02. The van der Waals surface area contributed by atoms with Gasteiger partial charge in [0.15, 0.2) is 23.0 Å². The highest BCUT2D eigenvalue weighted by Crippen LogP contribution is 2.55. The lowest BCUT2D eigenvalue weighted by Crippen LogP contribution is -2.60. The third-order valence-corrected chi connectivity index (χ3v) is 6.29. The molecule has 1 aliphatic carbocycles. The van der Waals surface area contributed by atoms with E-state index in [1.54, 1.807) is 0 Å². The average molecular weight is 514 g/mol. The molecule has 5 N–H and O–H groups in total. The van der Waals surface area contributed by atoms with Gasteiger partial charge in [-0.2, -0.15) is 18.3 Å². The van der Waals surface area contributed by atoms with Gasteiger partial charge in [-0.25, -0.2) is 17.9 Å². The van der Waals surface area contributed by atoms with Crippen molar-refractivity contribution in [2.45, 2.75) is 43.5 Å². The van der Waals surface area contributed by atoms with Crippen LogP contribution in [0.3, 0.4) is 0 Å². The van der Waals surface area contributed by atoms with Crippen molar-refractivity contribution in [3.05, 3.63) is 70.7 Å². The smallest absolute Gasteiger partial charge is 0.419 e. The monoisotopic (exact) mass is 514 g/mol. The van der Waals surface area contributed by atoms with E-state index in [0.717, 1.165) is 35.1 Å². The summed E-state index contributed by atoms with van der Waals surface area (Å²) in [5.41, 5.74) is -0.535. The Bertz CT molecular complexity index is 1370. The molecule has 0 aliphatic heterocycles. The van der Waals surface area contributed by atoms with Crippen LogP contribution in [0.2, 0.25) is 0 Å². The van der Waals surface area contributed by atoms with Gasteiger partial charge in [-0.05, 0) is 35.6 Å². The van der Waals surface area contributed by atoms with Crippen molar-refractivity contribution in [1.82, 2.24) is 15.1 Å². The minimum absolute atomic E-state index is 0.209. The molecule has 0 radical (unpaired) electrons. The van der Waals surface area contributed by atoms with Crippen LogP contribution in [-0.2, 0) is 5.41 Å². The zero-order valence-corrected chi connectivity index (χ0v) is 18.8. The number of phenolic OH excluding ortho intramolecular Hbond substituents is 1. The van der Waals surface area contributed by atoms with Crippen LogP contribution in [-0.4, -0.2) is 37.7 Å². The molecule has 2 aromatic carbocycles. The van der Waals surface area contributed by atoms with Crippen molar-refractivity contribution in [2.75, 3.05) is 5.73 Å². The van der Waals surface area contributed by atoms with E-state index in [1.807, 2.05) is 0 Å². The molecule has 1 aromatic heterocycles. The van der Waals surface area contributed by atoms with Crippen molar-refractivity contribution in [1.29, 1.82) is 0 Å². The maximum absolute atomic E-state index is 14.2. The highest BCUT2D eigenvalue weighted by Gasteiger charge is 2.64. The number of alkyl halides is 3. The van der Waals surface area contributed by atoms with Gasteiger partial charge in [-0.3, -0.25) is 4.79 Å². The summed E-state index contributed by atoms with van der Waals surface area (Å²) in [6, 6.07) is 1.93. The zero-order valence-electron chi connectivity index (χ0n) is 18.8. The number of nitrogens with two attached hydrogens (primary N) is 1. The van der Waals surface area contributed by atoms with E-state index in [0.29, 0.717) is 6.07 Å². The Labute approximate surface area is 200 Å². The van der Waals surface area contributed by atoms with Crippen molar-refractivity contribution >= 4 is 11.7 Å². The fourth-order valence-corrected chi connectivity index (χ4v) is 4.70. The van der Waals surface area contributed by atoms with Crippen LogP contribution in [0.5, 0.6) is 5.75 Å². The van der Waals surface area contributed by atoms with Gasteiger partial charge in [0, 0.05) is 11.6 Å². The van der Waals surface area contributed by atoms with E-state index in [4.69, 9.17) is 5.73 Å². The molecule has 2 atom stereocenters. The van der Waals surface area contributed by atoms with Crippen LogP contribution in [0, 0.1) is 17.5 Å². The summed E-state index contributed by atoms with van der Waals surface area (Å²) in [5, 5.41) is 27.0. The summed E-state index contributed by atoms with van der Waals surface area (Å²) < 4.78 is 84.8. The zero-order chi connectivity index (χ0) is 26.8. The molecule has 1 heterocycles. The number of amides is 1. The van der Waals surface area contributed by atoms with Gasteiger partial charge in [0.2, 0.25) is 0 Å². The number of aliphatic hydroxyl groups is 1. The van der Waals surface area contributed by atoms with Gasteiger partial charge in [-0.15, -0.1) is 0 Å². The molecule has 13 heteroatoms. The summed E-state index contributed by atoms with van der Waals surface area (Å²) in [4.78, 5) is 13.0. The van der Waals surface area contributed by atoms with Crippen LogP contribution >= 0.6 is 0 Å². The second-order valence-corrected chi connectivity index (χ2v) is 9.20. The van der Waals surface area contributed by atoms with E-state index >= 15 is 0 Å². The number of aromatic hydroxyl groups is 1. The number of benzene rings is 2. The van der Waals surface area contributed by atoms with Gasteiger partial charge in [0.05, 0.1) is 12.2 Å². The first-order valence-electron chi connectivity index (χ1n) is 10.5. The first kappa shape index (κ1) is 25.4. The number of hydrogen-bond acceptors (Lipinski definition) is 5. The standard InChI is InChI=1S/C23H20F6N4O3/c1-21(2)9-22(36,23(27,28)29)18(11-4-5-13(25)17(34)16(11)21)32-20(35)12-8-31-33(19(12)30)15-6-3-10(24)7-14(15)26/h3-8,18,34,36H,9,30H2,1-2H3,(H,32,35)/t18-,22+/m0/s1. The number of anilines is 1. The highest BCUT2D eigenvalue weighted by molar-refractivity contribution is 5.99. The molecule has 0 spiro atoms. The Morgan fingerprint density at radius 1 is 1.17 bits per heavy atom. The van der Waals surface area contributed by atoms with E-state index in [1.165, 1.54) is 13.8 Å². The van der Waals surface area contributed by atoms with Gasteiger partial charge >= 0.3 is 6.18 Å². The van der Waals surface area contributed by atoms with Crippen molar-refractivity contribution in [2.24, 2.45) is 0 Å². The third kappa shape index (κ3) is 3.83. The molecule has 4 rings (SSSR count). The molecule has 0 bridgehead atoms. The number of rotatable bonds is 3. The lowest BCUT2D eigenvalue weighted by Gasteiger charge is -2.48. The number of halogens is 6. The maximum Gasteiger partial charge on any atom is 0.419 e. The highest BCUT2D eigenvalue weighted by atomic mass is 19.4. The molecule has 1 amide bonds. The van der Waals surface area contributed by atoms with Crippen LogP contribution in [0.4, 0.5) is 32.2 Å². The first-order chi connectivity index (χ1) is 16.6. The number of hydrogen-bond donors (Lipinski definition) is 4. The van der Waals surface area contributed by atoms with Crippen molar-refractivity contribution in [3.63, 3.8) is 0 Å². The number of phenols is 1. The normalized spacial score (nSPS) is 21.2. The van der Waals surface area contributed by atoms with Crippen LogP contribution in [0.1, 0.15) is 47.8 Å². The molecular formula is C23H20F6N4O3. The molecule has 36 heavy (non-hydrogen) atoms. The molecular weight excluding hydrogens is 494 g/mol. The number of nitrogens with zero attached hydrogens (tertiary/aromatic N) is 2. The summed E-state index contributed by atoms with van der Waals surface area (Å²) >= 11 is 0. The molecule has 7 nitrogen and oxygen atoms in total. The number of carbonyl (C=O) groups is 1. The van der Waals surface area contributed by atoms with Gasteiger partial charge in [-0.1, -0.05) is 19.9 Å². The predicted molar refractivity (Wildman–Crippen MR) is 115 cm³/mol. The molecule has 192 valence electrons. The Balaban J connectivity index is 1.80. The minimum Gasteiger partial charge on any atom is -0.505 e. The van der Waals surface area contributed by atoms with Crippen molar-refractivity contribution in [3.8, 4) is 11.4 Å². The molecule has 0 fully saturated rings. The van der Waals surface area contributed by atoms with E-state index in [9.17, 15) is 41.4 Å². The lowest BCUT2D eigenvalue weighted by atomic mass is 9.63. The largest absolute Gasteiger partial charge is 0.505 e. The number of carbonyl (C=O) groups excluding carboxylic acids is 1. The summed E-state index contributed by atoms with van der Waals surface area (Å²) in [7, 11) is 0. The number of nitrogens with one attached hydrogen (secondary N) is 1. The van der Waals surface area contributed by atoms with Crippen LogP contribution in [0.25, 0.3) is 5.69 Å². The fourth-order valence-electron chi connectivity index (χ4n) is 4.70. The molecule has 0 unspecified atom stereocenters. The molecule has 1 aliphatic rings. The van der Waals surface area contributed by atoms with E-state index in [2.05, 4.69) is 10.4 Å².